The summed E-state index contributed by atoms with van der Waals surface area (Å²) in [7, 11) is 0. The van der Waals surface area contributed by atoms with Crippen molar-refractivity contribution >= 4 is 11.9 Å². The summed E-state index contributed by atoms with van der Waals surface area (Å²) in [6, 6.07) is 0. The van der Waals surface area contributed by atoms with Gasteiger partial charge in [-0.3, -0.25) is 9.59 Å². The van der Waals surface area contributed by atoms with E-state index < -0.39 is 99.3 Å². The van der Waals surface area contributed by atoms with Crippen molar-refractivity contribution in [2.24, 2.45) is 0 Å². The van der Waals surface area contributed by atoms with Crippen LogP contribution in [-0.4, -0.2) is 142 Å². The van der Waals surface area contributed by atoms with E-state index in [9.17, 15) is 45.3 Å². The first-order valence-corrected chi connectivity index (χ1v) is 26.9. The molecule has 0 spiro atoms. The smallest absolute Gasteiger partial charge is 0.306 e. The van der Waals surface area contributed by atoms with Crippen LogP contribution in [-0.2, 0) is 38.0 Å². The minimum atomic E-state index is -1.78. The highest BCUT2D eigenvalue weighted by atomic mass is 16.7. The van der Waals surface area contributed by atoms with Gasteiger partial charge in [0, 0.05) is 12.8 Å². The first-order chi connectivity index (χ1) is 34.0. The van der Waals surface area contributed by atoms with Gasteiger partial charge in [-0.1, -0.05) is 177 Å². The van der Waals surface area contributed by atoms with Crippen LogP contribution in [0.25, 0.3) is 0 Å². The molecular formula is C55H94O15. The maximum atomic E-state index is 13.0. The molecule has 0 aromatic heterocycles. The number of carbonyl (C=O) groups is 2. The molecule has 0 aromatic carbocycles. The second-order valence-electron chi connectivity index (χ2n) is 18.7. The normalized spacial score (nSPS) is 25.8. The molecule has 70 heavy (non-hydrogen) atoms. The van der Waals surface area contributed by atoms with E-state index in [2.05, 4.69) is 62.5 Å². The highest BCUT2D eigenvalue weighted by Gasteiger charge is 2.47. The average Bonchev–Trinajstić information content (AvgIpc) is 3.35. The molecule has 2 saturated heterocycles. The Morgan fingerprint density at radius 3 is 1.40 bits per heavy atom. The maximum absolute atomic E-state index is 13.0. The summed E-state index contributed by atoms with van der Waals surface area (Å²) in [5.74, 6) is -1.02. The monoisotopic (exact) mass is 995 g/mol. The zero-order chi connectivity index (χ0) is 51.0. The van der Waals surface area contributed by atoms with Crippen LogP contribution >= 0.6 is 0 Å². The molecule has 2 aliphatic rings. The van der Waals surface area contributed by atoms with Crippen molar-refractivity contribution in [3.8, 4) is 0 Å². The van der Waals surface area contributed by atoms with E-state index in [0.717, 1.165) is 51.4 Å². The number of allylic oxidation sites excluding steroid dienone is 10. The number of hydrogen-bond acceptors (Lipinski definition) is 15. The summed E-state index contributed by atoms with van der Waals surface area (Å²) in [6.07, 6.45) is 31.1. The number of ether oxygens (including phenoxy) is 6. The Balaban J connectivity index is 1.83. The summed E-state index contributed by atoms with van der Waals surface area (Å²) >= 11 is 0. The van der Waals surface area contributed by atoms with Crippen LogP contribution in [0.5, 0.6) is 0 Å². The fourth-order valence-electron chi connectivity index (χ4n) is 8.08. The number of carbonyl (C=O) groups excluding carboxylic acids is 2. The second-order valence-corrected chi connectivity index (χ2v) is 18.7. The van der Waals surface area contributed by atoms with Crippen molar-refractivity contribution in [1.82, 2.24) is 0 Å². The third kappa shape index (κ3) is 29.0. The topological polar surface area (TPSA) is 231 Å². The molecule has 0 aromatic rings. The molecule has 11 atom stereocenters. The van der Waals surface area contributed by atoms with E-state index in [1.54, 1.807) is 0 Å². The number of unbranched alkanes of at least 4 members (excludes halogenated alkanes) is 17. The van der Waals surface area contributed by atoms with Gasteiger partial charge in [0.2, 0.25) is 0 Å². The first kappa shape index (κ1) is 63.3. The Labute approximate surface area is 420 Å². The second kappa shape index (κ2) is 41.6. The number of rotatable bonds is 41. The zero-order valence-electron chi connectivity index (χ0n) is 42.7. The van der Waals surface area contributed by atoms with E-state index >= 15 is 0 Å². The van der Waals surface area contributed by atoms with Crippen LogP contribution in [0.3, 0.4) is 0 Å². The first-order valence-electron chi connectivity index (χ1n) is 26.9. The molecule has 2 aliphatic heterocycles. The number of aliphatic hydroxyl groups is 7. The summed E-state index contributed by atoms with van der Waals surface area (Å²) in [5.41, 5.74) is 0. The zero-order valence-corrected chi connectivity index (χ0v) is 42.7. The molecule has 2 rings (SSSR count). The van der Waals surface area contributed by atoms with Crippen molar-refractivity contribution < 1.29 is 73.8 Å². The largest absolute Gasteiger partial charge is 0.462 e. The molecule has 0 radical (unpaired) electrons. The third-order valence-electron chi connectivity index (χ3n) is 12.5. The molecule has 2 fully saturated rings. The summed E-state index contributed by atoms with van der Waals surface area (Å²) in [4.78, 5) is 25.8. The predicted octanol–water partition coefficient (Wildman–Crippen LogP) is 8.05. The van der Waals surface area contributed by atoms with Crippen LogP contribution < -0.4 is 0 Å². The Morgan fingerprint density at radius 2 is 0.886 bits per heavy atom. The van der Waals surface area contributed by atoms with Gasteiger partial charge >= 0.3 is 11.9 Å². The van der Waals surface area contributed by atoms with Gasteiger partial charge in [0.1, 0.15) is 55.4 Å². The van der Waals surface area contributed by atoms with Crippen molar-refractivity contribution in [2.75, 3.05) is 26.4 Å². The highest BCUT2D eigenvalue weighted by molar-refractivity contribution is 5.70. The lowest BCUT2D eigenvalue weighted by molar-refractivity contribution is -0.332. The summed E-state index contributed by atoms with van der Waals surface area (Å²) < 4.78 is 33.5. The van der Waals surface area contributed by atoms with Gasteiger partial charge in [0.05, 0.1) is 19.8 Å². The quantitative estimate of drug-likeness (QED) is 0.0175. The van der Waals surface area contributed by atoms with Crippen molar-refractivity contribution in [1.29, 1.82) is 0 Å². The van der Waals surface area contributed by atoms with Crippen molar-refractivity contribution in [2.45, 2.75) is 248 Å². The fourth-order valence-corrected chi connectivity index (χ4v) is 8.08. The molecule has 0 aliphatic carbocycles. The Bertz CT molecular complexity index is 1450. The lowest BCUT2D eigenvalue weighted by Gasteiger charge is -2.42. The Morgan fingerprint density at radius 1 is 0.457 bits per heavy atom. The Hall–Kier alpha value is -2.80. The van der Waals surface area contributed by atoms with Gasteiger partial charge in [-0.2, -0.15) is 0 Å². The molecule has 2 heterocycles. The minimum absolute atomic E-state index is 0.0937. The van der Waals surface area contributed by atoms with Crippen LogP contribution in [0.1, 0.15) is 181 Å². The molecule has 7 N–H and O–H groups in total. The standard InChI is InChI=1S/C55H94O15/c1-3-5-7-9-11-13-15-17-19-20-21-22-24-25-27-29-31-33-35-37-46(57)65-40-43(68-47(58)38-36-34-32-30-28-26-23-18-16-14-12-10-8-6-4-2)41-66-54-53(64)51(62)49(60)45(70-54)42-67-55-52(63)50(61)48(59)44(39-56)69-55/h11,13,17,19,21-22,25,27,31,33,43-45,48-56,59-64H,3-10,12,14-16,18,20,23-24,26,28-30,32,34-42H2,1-2H3/b13-11+,19-17+,22-21+,27-25+,33-31+/t43-,44+,45+,48-,49-,50?,51?,52?,53?,54+,55+/m0/s1. The number of hydrogen-bond donors (Lipinski definition) is 7. The molecule has 4 unspecified atom stereocenters. The Kier molecular flexibility index (Phi) is 37.7. The van der Waals surface area contributed by atoms with Crippen LogP contribution in [0, 0.1) is 0 Å². The third-order valence-corrected chi connectivity index (χ3v) is 12.5. The highest BCUT2D eigenvalue weighted by Crippen LogP contribution is 2.26. The van der Waals surface area contributed by atoms with Gasteiger partial charge in [-0.05, 0) is 51.4 Å². The minimum Gasteiger partial charge on any atom is -0.462 e. The van der Waals surface area contributed by atoms with Crippen molar-refractivity contribution in [3.63, 3.8) is 0 Å². The summed E-state index contributed by atoms with van der Waals surface area (Å²) in [5, 5.41) is 72.1. The molecule has 404 valence electrons. The van der Waals surface area contributed by atoms with E-state index in [-0.39, 0.29) is 19.4 Å². The number of esters is 2. The molecule has 15 nitrogen and oxygen atoms in total. The van der Waals surface area contributed by atoms with Gasteiger partial charge in [0.25, 0.3) is 0 Å². The van der Waals surface area contributed by atoms with E-state index in [0.29, 0.717) is 12.8 Å². The van der Waals surface area contributed by atoms with E-state index in [4.69, 9.17) is 28.4 Å². The summed E-state index contributed by atoms with van der Waals surface area (Å²) in [6.45, 7) is 2.49. The molecule has 15 heteroatoms. The van der Waals surface area contributed by atoms with Crippen LogP contribution in [0.2, 0.25) is 0 Å². The molecular weight excluding hydrogens is 901 g/mol. The van der Waals surface area contributed by atoms with E-state index in [1.807, 2.05) is 12.2 Å². The van der Waals surface area contributed by atoms with Gasteiger partial charge < -0.3 is 64.2 Å². The lowest BCUT2D eigenvalue weighted by atomic mass is 9.98. The molecule has 0 saturated carbocycles. The number of aliphatic hydroxyl groups excluding tert-OH is 7. The average molecular weight is 995 g/mol. The lowest BCUT2D eigenvalue weighted by Crippen LogP contribution is -2.61. The SMILES string of the molecule is CCCCC/C=C/C/C=C/C/C=C/C/C=C/C/C=C/CCC(=O)OC[C@@H](CO[C@@H]1O[C@H](CO[C@@H]2O[C@H](CO)[C@H](O)C(O)C2O)[C@H](O)C(O)C1O)OC(=O)CCCCCCCCCCCCCCCCC. The maximum Gasteiger partial charge on any atom is 0.306 e. The van der Waals surface area contributed by atoms with Gasteiger partial charge in [-0.15, -0.1) is 0 Å². The van der Waals surface area contributed by atoms with E-state index in [1.165, 1.54) is 89.9 Å². The van der Waals surface area contributed by atoms with Crippen LogP contribution in [0.4, 0.5) is 0 Å². The molecule has 0 bridgehead atoms. The predicted molar refractivity (Wildman–Crippen MR) is 270 cm³/mol. The van der Waals surface area contributed by atoms with Crippen molar-refractivity contribution in [3.05, 3.63) is 60.8 Å². The molecule has 0 amide bonds. The van der Waals surface area contributed by atoms with Gasteiger partial charge in [0.15, 0.2) is 18.7 Å². The van der Waals surface area contributed by atoms with Crippen LogP contribution in [0.15, 0.2) is 60.8 Å². The van der Waals surface area contributed by atoms with Gasteiger partial charge in [-0.25, -0.2) is 0 Å². The fraction of sp³-hybridized carbons (Fsp3) is 0.782.